The molecule has 0 aromatic carbocycles. The van der Waals surface area contributed by atoms with Crippen LogP contribution in [0.2, 0.25) is 0 Å². The van der Waals surface area contributed by atoms with Crippen molar-refractivity contribution in [3.63, 3.8) is 0 Å². The van der Waals surface area contributed by atoms with Crippen LogP contribution in [0, 0.1) is 0 Å². The first-order valence-corrected chi connectivity index (χ1v) is 5.57. The molecule has 3 heteroatoms. The number of aryl methyl sites for hydroxylation is 2. The Morgan fingerprint density at radius 3 is 3.14 bits per heavy atom. The van der Waals surface area contributed by atoms with Crippen LogP contribution in [-0.2, 0) is 13.5 Å². The molecule has 0 aliphatic carbocycles. The Balaban J connectivity index is 2.15. The number of hydrogen-bond acceptors (Lipinski definition) is 2. The Morgan fingerprint density at radius 2 is 2.50 bits per heavy atom. The van der Waals surface area contributed by atoms with Crippen molar-refractivity contribution in [1.29, 1.82) is 0 Å². The Kier molecular flexibility index (Phi) is 2.87. The predicted octanol–water partition coefficient (Wildman–Crippen LogP) is 1.80. The lowest BCUT2D eigenvalue weighted by atomic mass is 10.1. The van der Waals surface area contributed by atoms with Gasteiger partial charge in [-0.05, 0) is 31.9 Å². The molecular weight excluding hydrogens is 174 g/mol. The maximum atomic E-state index is 4.52. The molecule has 78 valence electrons. The Hall–Kier alpha value is -0.830. The SMILES string of the molecule is CCCc1cc(C2CCCN2)n(C)n1. The highest BCUT2D eigenvalue weighted by atomic mass is 15.3. The van der Waals surface area contributed by atoms with E-state index in [1.54, 1.807) is 0 Å². The number of nitrogens with one attached hydrogen (secondary N) is 1. The quantitative estimate of drug-likeness (QED) is 0.793. The molecule has 2 heterocycles. The molecule has 0 radical (unpaired) electrons. The molecule has 0 saturated carbocycles. The van der Waals surface area contributed by atoms with Crippen LogP contribution in [0.5, 0.6) is 0 Å². The molecule has 1 aliphatic heterocycles. The van der Waals surface area contributed by atoms with E-state index in [2.05, 4.69) is 30.5 Å². The van der Waals surface area contributed by atoms with Gasteiger partial charge in [-0.2, -0.15) is 5.10 Å². The number of aromatic nitrogens is 2. The van der Waals surface area contributed by atoms with Crippen molar-refractivity contribution in [2.24, 2.45) is 7.05 Å². The second-order valence-corrected chi connectivity index (χ2v) is 4.08. The Morgan fingerprint density at radius 1 is 1.64 bits per heavy atom. The summed E-state index contributed by atoms with van der Waals surface area (Å²) in [6.07, 6.45) is 4.82. The summed E-state index contributed by atoms with van der Waals surface area (Å²) in [5, 5.41) is 8.03. The highest BCUT2D eigenvalue weighted by Crippen LogP contribution is 2.23. The second kappa shape index (κ2) is 4.13. The molecule has 1 N–H and O–H groups in total. The van der Waals surface area contributed by atoms with Crippen LogP contribution in [0.4, 0.5) is 0 Å². The van der Waals surface area contributed by atoms with Crippen molar-refractivity contribution < 1.29 is 0 Å². The molecule has 0 amide bonds. The molecule has 1 saturated heterocycles. The van der Waals surface area contributed by atoms with Crippen LogP contribution in [0.3, 0.4) is 0 Å². The molecule has 2 rings (SSSR count). The Bertz CT molecular complexity index is 297. The maximum absolute atomic E-state index is 4.52. The van der Waals surface area contributed by atoms with E-state index in [1.807, 2.05) is 4.68 Å². The van der Waals surface area contributed by atoms with Crippen LogP contribution < -0.4 is 5.32 Å². The van der Waals surface area contributed by atoms with Gasteiger partial charge >= 0.3 is 0 Å². The summed E-state index contributed by atoms with van der Waals surface area (Å²) in [5.74, 6) is 0. The smallest absolute Gasteiger partial charge is 0.0627 e. The fraction of sp³-hybridized carbons (Fsp3) is 0.727. The fourth-order valence-corrected chi connectivity index (χ4v) is 2.18. The first-order valence-electron chi connectivity index (χ1n) is 5.57. The van der Waals surface area contributed by atoms with E-state index in [9.17, 15) is 0 Å². The molecule has 0 bridgehead atoms. The molecule has 1 aliphatic rings. The highest BCUT2D eigenvalue weighted by Gasteiger charge is 2.19. The third-order valence-corrected chi connectivity index (χ3v) is 2.89. The predicted molar refractivity (Wildman–Crippen MR) is 57.2 cm³/mol. The lowest BCUT2D eigenvalue weighted by Crippen LogP contribution is -2.16. The van der Waals surface area contributed by atoms with E-state index in [1.165, 1.54) is 30.7 Å². The molecule has 0 spiro atoms. The fourth-order valence-electron chi connectivity index (χ4n) is 2.18. The minimum atomic E-state index is 0.540. The summed E-state index contributed by atoms with van der Waals surface area (Å²) in [7, 11) is 2.05. The number of hydrogen-bond donors (Lipinski definition) is 1. The summed E-state index contributed by atoms with van der Waals surface area (Å²) < 4.78 is 2.04. The van der Waals surface area contributed by atoms with Crippen LogP contribution in [-0.4, -0.2) is 16.3 Å². The molecular formula is C11H19N3. The Labute approximate surface area is 85.5 Å². The van der Waals surface area contributed by atoms with Crippen molar-refractivity contribution in [1.82, 2.24) is 15.1 Å². The van der Waals surface area contributed by atoms with Crippen molar-refractivity contribution in [2.75, 3.05) is 6.54 Å². The molecule has 14 heavy (non-hydrogen) atoms. The number of nitrogens with zero attached hydrogens (tertiary/aromatic N) is 2. The van der Waals surface area contributed by atoms with Gasteiger partial charge in [0, 0.05) is 13.1 Å². The average Bonchev–Trinajstić information content (AvgIpc) is 2.74. The zero-order valence-electron chi connectivity index (χ0n) is 9.08. The van der Waals surface area contributed by atoms with Crippen molar-refractivity contribution in [3.05, 3.63) is 17.5 Å². The molecule has 1 atom stereocenters. The zero-order valence-corrected chi connectivity index (χ0v) is 9.08. The molecule has 3 nitrogen and oxygen atoms in total. The zero-order chi connectivity index (χ0) is 9.97. The standard InChI is InChI=1S/C11H19N3/c1-3-5-9-8-11(14(2)13-9)10-6-4-7-12-10/h8,10,12H,3-7H2,1-2H3. The minimum absolute atomic E-state index is 0.540. The van der Waals surface area contributed by atoms with Crippen LogP contribution >= 0.6 is 0 Å². The summed E-state index contributed by atoms with van der Waals surface area (Å²) in [4.78, 5) is 0. The topological polar surface area (TPSA) is 29.9 Å². The van der Waals surface area contributed by atoms with Gasteiger partial charge in [-0.25, -0.2) is 0 Å². The lowest BCUT2D eigenvalue weighted by Gasteiger charge is -2.09. The molecule has 1 aromatic heterocycles. The van der Waals surface area contributed by atoms with Crippen LogP contribution in [0.15, 0.2) is 6.07 Å². The van der Waals surface area contributed by atoms with Gasteiger partial charge in [-0.1, -0.05) is 13.3 Å². The normalized spacial score (nSPS) is 21.7. The summed E-state index contributed by atoms with van der Waals surface area (Å²) in [6.45, 7) is 3.35. The average molecular weight is 193 g/mol. The van der Waals surface area contributed by atoms with Crippen molar-refractivity contribution >= 4 is 0 Å². The van der Waals surface area contributed by atoms with Gasteiger partial charge in [0.1, 0.15) is 0 Å². The summed E-state index contributed by atoms with van der Waals surface area (Å²) >= 11 is 0. The van der Waals surface area contributed by atoms with Gasteiger partial charge in [0.15, 0.2) is 0 Å². The van der Waals surface area contributed by atoms with Gasteiger partial charge in [-0.15, -0.1) is 0 Å². The van der Waals surface area contributed by atoms with E-state index >= 15 is 0 Å². The second-order valence-electron chi connectivity index (χ2n) is 4.08. The van der Waals surface area contributed by atoms with Gasteiger partial charge in [0.05, 0.1) is 11.4 Å². The molecule has 1 unspecified atom stereocenters. The molecule has 1 fully saturated rings. The molecule has 1 aromatic rings. The van der Waals surface area contributed by atoms with E-state index < -0.39 is 0 Å². The third-order valence-electron chi connectivity index (χ3n) is 2.89. The van der Waals surface area contributed by atoms with Gasteiger partial charge in [0.25, 0.3) is 0 Å². The first kappa shape index (κ1) is 9.71. The van der Waals surface area contributed by atoms with Gasteiger partial charge in [0.2, 0.25) is 0 Å². The van der Waals surface area contributed by atoms with Gasteiger partial charge < -0.3 is 5.32 Å². The van der Waals surface area contributed by atoms with Crippen LogP contribution in [0.1, 0.15) is 43.6 Å². The summed E-state index contributed by atoms with van der Waals surface area (Å²) in [5.41, 5.74) is 2.59. The van der Waals surface area contributed by atoms with Crippen LogP contribution in [0.25, 0.3) is 0 Å². The van der Waals surface area contributed by atoms with Gasteiger partial charge in [-0.3, -0.25) is 4.68 Å². The van der Waals surface area contributed by atoms with Crippen molar-refractivity contribution in [3.8, 4) is 0 Å². The maximum Gasteiger partial charge on any atom is 0.0627 e. The summed E-state index contributed by atoms with van der Waals surface area (Å²) in [6, 6.07) is 2.80. The lowest BCUT2D eigenvalue weighted by molar-refractivity contribution is 0.572. The van der Waals surface area contributed by atoms with E-state index in [0.29, 0.717) is 6.04 Å². The van der Waals surface area contributed by atoms with E-state index in [-0.39, 0.29) is 0 Å². The third kappa shape index (κ3) is 1.82. The van der Waals surface area contributed by atoms with E-state index in [0.717, 1.165) is 13.0 Å². The highest BCUT2D eigenvalue weighted by molar-refractivity contribution is 5.15. The minimum Gasteiger partial charge on any atom is -0.309 e. The van der Waals surface area contributed by atoms with Crippen molar-refractivity contribution in [2.45, 2.75) is 38.6 Å². The monoisotopic (exact) mass is 193 g/mol. The largest absolute Gasteiger partial charge is 0.309 e. The van der Waals surface area contributed by atoms with E-state index in [4.69, 9.17) is 0 Å². The number of rotatable bonds is 3. The first-order chi connectivity index (χ1) is 6.81.